The molecule has 0 bridgehead atoms. The fourth-order valence-corrected chi connectivity index (χ4v) is 3.16. The zero-order valence-electron chi connectivity index (χ0n) is 15.4. The molecule has 138 valence electrons. The van der Waals surface area contributed by atoms with Crippen molar-refractivity contribution >= 4 is 5.91 Å². The van der Waals surface area contributed by atoms with Crippen LogP contribution < -0.4 is 5.32 Å². The average Bonchev–Trinajstić information content (AvgIpc) is 3.19. The van der Waals surface area contributed by atoms with Gasteiger partial charge in [0.05, 0.1) is 17.3 Å². The van der Waals surface area contributed by atoms with Crippen molar-refractivity contribution < 1.29 is 4.79 Å². The Balaban J connectivity index is 1.71. The van der Waals surface area contributed by atoms with Gasteiger partial charge in [-0.3, -0.25) is 4.79 Å². The Kier molecular flexibility index (Phi) is 4.93. The molecule has 0 unspecified atom stereocenters. The van der Waals surface area contributed by atoms with Gasteiger partial charge in [-0.05, 0) is 40.6 Å². The minimum absolute atomic E-state index is 0.191. The predicted molar refractivity (Wildman–Crippen MR) is 106 cm³/mol. The normalized spacial score (nSPS) is 10.8. The summed E-state index contributed by atoms with van der Waals surface area (Å²) in [6, 6.07) is 26.9. The van der Waals surface area contributed by atoms with E-state index in [-0.39, 0.29) is 11.9 Å². The van der Waals surface area contributed by atoms with E-state index in [4.69, 9.17) is 0 Å². The van der Waals surface area contributed by atoms with Crippen molar-refractivity contribution in [1.82, 2.24) is 25.5 Å². The maximum absolute atomic E-state index is 13.2. The van der Waals surface area contributed by atoms with Crippen LogP contribution >= 0.6 is 0 Å². The smallest absolute Gasteiger partial charge is 0.254 e. The summed E-state index contributed by atoms with van der Waals surface area (Å²) >= 11 is 0. The second-order valence-corrected chi connectivity index (χ2v) is 6.38. The zero-order valence-corrected chi connectivity index (χ0v) is 15.4. The number of para-hydroxylation sites is 1. The number of hydrogen-bond acceptors (Lipinski definition) is 4. The first kappa shape index (κ1) is 17.6. The highest BCUT2D eigenvalue weighted by Crippen LogP contribution is 2.23. The summed E-state index contributed by atoms with van der Waals surface area (Å²) in [6.07, 6.45) is 0. The molecule has 0 atom stereocenters. The fourth-order valence-electron chi connectivity index (χ4n) is 3.16. The van der Waals surface area contributed by atoms with Gasteiger partial charge in [0.2, 0.25) is 0 Å². The summed E-state index contributed by atoms with van der Waals surface area (Å²) in [7, 11) is 0. The minimum atomic E-state index is -0.266. The van der Waals surface area contributed by atoms with Crippen molar-refractivity contribution in [3.63, 3.8) is 0 Å². The van der Waals surface area contributed by atoms with Gasteiger partial charge in [0.25, 0.3) is 5.91 Å². The van der Waals surface area contributed by atoms with Crippen LogP contribution in [0.25, 0.3) is 5.69 Å². The average molecular weight is 369 g/mol. The quantitative estimate of drug-likeness (QED) is 0.584. The Bertz CT molecular complexity index is 1040. The number of aryl methyl sites for hydroxylation is 1. The molecule has 0 aliphatic carbocycles. The lowest BCUT2D eigenvalue weighted by molar-refractivity contribution is 0.0943. The third-order valence-electron chi connectivity index (χ3n) is 4.54. The molecule has 0 aliphatic rings. The van der Waals surface area contributed by atoms with Crippen LogP contribution in [0.3, 0.4) is 0 Å². The van der Waals surface area contributed by atoms with Gasteiger partial charge < -0.3 is 5.32 Å². The lowest BCUT2D eigenvalue weighted by Gasteiger charge is -2.21. The van der Waals surface area contributed by atoms with E-state index < -0.39 is 0 Å². The number of benzene rings is 3. The largest absolute Gasteiger partial charge is 0.341 e. The highest BCUT2D eigenvalue weighted by molar-refractivity contribution is 5.98. The lowest BCUT2D eigenvalue weighted by Crippen LogP contribution is -2.30. The number of nitrogens with one attached hydrogen (secondary N) is 1. The molecule has 0 spiro atoms. The predicted octanol–water partition coefficient (Wildman–Crippen LogP) is 3.49. The van der Waals surface area contributed by atoms with E-state index in [1.54, 1.807) is 17.7 Å². The Morgan fingerprint density at radius 3 is 2.00 bits per heavy atom. The van der Waals surface area contributed by atoms with Gasteiger partial charge >= 0.3 is 0 Å². The first-order valence-corrected chi connectivity index (χ1v) is 8.99. The molecule has 6 heteroatoms. The molecule has 1 aromatic heterocycles. The highest BCUT2D eigenvalue weighted by Gasteiger charge is 2.20. The molecule has 4 aromatic rings. The molecule has 1 heterocycles. The van der Waals surface area contributed by atoms with Crippen LogP contribution in [0, 0.1) is 6.92 Å². The number of tetrazole rings is 1. The summed E-state index contributed by atoms with van der Waals surface area (Å²) in [5.41, 5.74) is 3.17. The number of carbonyl (C=O) groups is 1. The molecular formula is C22H19N5O. The minimum Gasteiger partial charge on any atom is -0.341 e. The summed E-state index contributed by atoms with van der Waals surface area (Å²) in [4.78, 5) is 13.2. The molecule has 28 heavy (non-hydrogen) atoms. The van der Waals surface area contributed by atoms with Gasteiger partial charge in [-0.1, -0.05) is 72.8 Å². The van der Waals surface area contributed by atoms with E-state index >= 15 is 0 Å². The van der Waals surface area contributed by atoms with E-state index in [0.29, 0.717) is 17.1 Å². The molecule has 4 rings (SSSR count). The Morgan fingerprint density at radius 1 is 0.857 bits per heavy atom. The Labute approximate surface area is 162 Å². The summed E-state index contributed by atoms with van der Waals surface area (Å²) in [6.45, 7) is 1.80. The second-order valence-electron chi connectivity index (χ2n) is 6.38. The van der Waals surface area contributed by atoms with E-state index in [1.807, 2.05) is 78.9 Å². The number of nitrogens with zero attached hydrogens (tertiary/aromatic N) is 4. The number of rotatable bonds is 5. The number of hydrogen-bond donors (Lipinski definition) is 1. The maximum atomic E-state index is 13.2. The lowest BCUT2D eigenvalue weighted by atomic mass is 9.98. The van der Waals surface area contributed by atoms with Gasteiger partial charge in [0.15, 0.2) is 5.82 Å². The standard InChI is InChI=1S/C22H19N5O/c1-16-24-25-26-27(16)20-15-9-8-14-19(20)22(28)23-21(17-10-4-2-5-11-17)18-12-6-3-7-13-18/h2-15,21H,1H3,(H,23,28). The van der Waals surface area contributed by atoms with E-state index in [1.165, 1.54) is 0 Å². The second kappa shape index (κ2) is 7.84. The Hall–Kier alpha value is -3.80. The van der Waals surface area contributed by atoms with Gasteiger partial charge in [-0.2, -0.15) is 4.68 Å². The summed E-state index contributed by atoms with van der Waals surface area (Å²) < 4.78 is 1.56. The Morgan fingerprint density at radius 2 is 1.43 bits per heavy atom. The highest BCUT2D eigenvalue weighted by atomic mass is 16.1. The van der Waals surface area contributed by atoms with Crippen LogP contribution in [-0.4, -0.2) is 26.1 Å². The zero-order chi connectivity index (χ0) is 19.3. The fraction of sp³-hybridized carbons (Fsp3) is 0.0909. The van der Waals surface area contributed by atoms with E-state index in [0.717, 1.165) is 11.1 Å². The van der Waals surface area contributed by atoms with Crippen LogP contribution in [0.4, 0.5) is 0 Å². The number of carbonyl (C=O) groups excluding carboxylic acids is 1. The van der Waals surface area contributed by atoms with Gasteiger partial charge in [-0.25, -0.2) is 0 Å². The van der Waals surface area contributed by atoms with Gasteiger partial charge in [0, 0.05) is 0 Å². The summed E-state index contributed by atoms with van der Waals surface area (Å²) in [5.74, 6) is 0.422. The van der Waals surface area contributed by atoms with Crippen LogP contribution in [0.2, 0.25) is 0 Å². The van der Waals surface area contributed by atoms with Crippen molar-refractivity contribution in [3.8, 4) is 5.69 Å². The molecular weight excluding hydrogens is 350 g/mol. The summed E-state index contributed by atoms with van der Waals surface area (Å²) in [5, 5.41) is 14.8. The molecule has 0 aliphatic heterocycles. The SMILES string of the molecule is Cc1nnnn1-c1ccccc1C(=O)NC(c1ccccc1)c1ccccc1. The maximum Gasteiger partial charge on any atom is 0.254 e. The molecule has 0 fully saturated rings. The van der Waals surface area contributed by atoms with Gasteiger partial charge in [0.1, 0.15) is 0 Å². The third kappa shape index (κ3) is 3.53. The topological polar surface area (TPSA) is 72.7 Å². The van der Waals surface area contributed by atoms with Gasteiger partial charge in [-0.15, -0.1) is 5.10 Å². The first-order valence-electron chi connectivity index (χ1n) is 8.99. The molecule has 0 saturated heterocycles. The van der Waals surface area contributed by atoms with Crippen molar-refractivity contribution in [2.24, 2.45) is 0 Å². The first-order chi connectivity index (χ1) is 13.7. The molecule has 0 saturated carbocycles. The van der Waals surface area contributed by atoms with Crippen LogP contribution in [0.15, 0.2) is 84.9 Å². The monoisotopic (exact) mass is 369 g/mol. The van der Waals surface area contributed by atoms with Crippen molar-refractivity contribution in [1.29, 1.82) is 0 Å². The number of aromatic nitrogens is 4. The molecule has 3 aromatic carbocycles. The van der Waals surface area contributed by atoms with Crippen molar-refractivity contribution in [2.45, 2.75) is 13.0 Å². The van der Waals surface area contributed by atoms with Crippen LogP contribution in [0.1, 0.15) is 33.4 Å². The number of amides is 1. The molecule has 1 N–H and O–H groups in total. The van der Waals surface area contributed by atoms with Crippen LogP contribution in [0.5, 0.6) is 0 Å². The van der Waals surface area contributed by atoms with E-state index in [9.17, 15) is 4.79 Å². The molecule has 1 amide bonds. The third-order valence-corrected chi connectivity index (χ3v) is 4.54. The molecule has 6 nitrogen and oxygen atoms in total. The molecule has 0 radical (unpaired) electrons. The van der Waals surface area contributed by atoms with Crippen LogP contribution in [-0.2, 0) is 0 Å². The van der Waals surface area contributed by atoms with Crippen molar-refractivity contribution in [3.05, 3.63) is 107 Å². The van der Waals surface area contributed by atoms with Crippen molar-refractivity contribution in [2.75, 3.05) is 0 Å². The van der Waals surface area contributed by atoms with E-state index in [2.05, 4.69) is 20.8 Å².